The van der Waals surface area contributed by atoms with Gasteiger partial charge in [0.05, 0.1) is 0 Å². The zero-order valence-electron chi connectivity index (χ0n) is 12.9. The van der Waals surface area contributed by atoms with Gasteiger partial charge in [0.2, 0.25) is 12.7 Å². The van der Waals surface area contributed by atoms with Gasteiger partial charge in [-0.15, -0.1) is 0 Å². The fourth-order valence-corrected chi connectivity index (χ4v) is 2.34. The molecule has 0 atom stereocenters. The molecule has 0 aliphatic carbocycles. The highest BCUT2D eigenvalue weighted by Gasteiger charge is 2.14. The molecule has 0 amide bonds. The lowest BCUT2D eigenvalue weighted by molar-refractivity contribution is 0.174. The van der Waals surface area contributed by atoms with Crippen molar-refractivity contribution >= 4 is 5.95 Å². The summed E-state index contributed by atoms with van der Waals surface area (Å²) >= 11 is 0. The number of benzene rings is 1. The summed E-state index contributed by atoms with van der Waals surface area (Å²) in [6.45, 7) is 2.96. The lowest BCUT2D eigenvalue weighted by Crippen LogP contribution is -2.31. The average Bonchev–Trinajstić information content (AvgIpc) is 3.01. The molecule has 1 aliphatic rings. The van der Waals surface area contributed by atoms with E-state index in [1.807, 2.05) is 25.2 Å². The van der Waals surface area contributed by atoms with Crippen LogP contribution in [0.25, 0.3) is 0 Å². The third kappa shape index (κ3) is 3.46. The van der Waals surface area contributed by atoms with Gasteiger partial charge in [-0.1, -0.05) is 6.07 Å². The van der Waals surface area contributed by atoms with Crippen LogP contribution in [0.1, 0.15) is 5.56 Å². The van der Waals surface area contributed by atoms with Crippen molar-refractivity contribution in [1.29, 1.82) is 0 Å². The van der Waals surface area contributed by atoms with Crippen molar-refractivity contribution in [3.05, 3.63) is 42.2 Å². The van der Waals surface area contributed by atoms with Crippen LogP contribution in [0, 0.1) is 0 Å². The summed E-state index contributed by atoms with van der Waals surface area (Å²) in [6, 6.07) is 7.91. The van der Waals surface area contributed by atoms with Crippen molar-refractivity contribution in [1.82, 2.24) is 14.9 Å². The van der Waals surface area contributed by atoms with Crippen molar-refractivity contribution in [3.63, 3.8) is 0 Å². The number of ether oxygens (including phenoxy) is 2. The molecule has 0 N–H and O–H groups in total. The normalized spacial score (nSPS) is 12.7. The molecule has 6 nitrogen and oxygen atoms in total. The molecule has 0 fully saturated rings. The molecule has 2 aromatic rings. The second kappa shape index (κ2) is 6.62. The molecule has 6 heteroatoms. The first-order chi connectivity index (χ1) is 10.7. The van der Waals surface area contributed by atoms with Crippen LogP contribution >= 0.6 is 0 Å². The number of anilines is 1. The van der Waals surface area contributed by atoms with Crippen molar-refractivity contribution in [2.24, 2.45) is 0 Å². The highest BCUT2D eigenvalue weighted by molar-refractivity contribution is 5.44. The van der Waals surface area contributed by atoms with E-state index in [9.17, 15) is 0 Å². The summed E-state index contributed by atoms with van der Waals surface area (Å²) in [7, 11) is 4.11. The molecule has 0 unspecified atom stereocenters. The second-order valence-electron chi connectivity index (χ2n) is 5.40. The van der Waals surface area contributed by atoms with Gasteiger partial charge in [0.15, 0.2) is 11.5 Å². The summed E-state index contributed by atoms with van der Waals surface area (Å²) in [5, 5.41) is 0. The van der Waals surface area contributed by atoms with Crippen LogP contribution in [0.2, 0.25) is 0 Å². The quantitative estimate of drug-likeness (QED) is 0.810. The monoisotopic (exact) mass is 300 g/mol. The third-order valence-corrected chi connectivity index (χ3v) is 3.60. The van der Waals surface area contributed by atoms with Gasteiger partial charge >= 0.3 is 0 Å². The predicted molar refractivity (Wildman–Crippen MR) is 84.2 cm³/mol. The van der Waals surface area contributed by atoms with Crippen LogP contribution in [0.4, 0.5) is 5.95 Å². The number of nitrogens with zero attached hydrogens (tertiary/aromatic N) is 4. The largest absolute Gasteiger partial charge is 0.454 e. The van der Waals surface area contributed by atoms with Gasteiger partial charge in [-0.2, -0.15) is 0 Å². The molecule has 3 rings (SSSR count). The number of hydrogen-bond acceptors (Lipinski definition) is 6. The molecule has 0 spiro atoms. The van der Waals surface area contributed by atoms with E-state index in [4.69, 9.17) is 9.47 Å². The summed E-state index contributed by atoms with van der Waals surface area (Å²) in [4.78, 5) is 12.8. The van der Waals surface area contributed by atoms with Crippen LogP contribution in [0.15, 0.2) is 36.7 Å². The van der Waals surface area contributed by atoms with Gasteiger partial charge in [0.25, 0.3) is 0 Å². The third-order valence-electron chi connectivity index (χ3n) is 3.60. The standard InChI is InChI=1S/C16H20N4O2/c1-19(8-9-20(2)16-17-6-3-7-18-16)11-13-4-5-14-15(10-13)22-12-21-14/h3-7,10H,8-9,11-12H2,1-2H3. The molecule has 22 heavy (non-hydrogen) atoms. The number of rotatable bonds is 6. The second-order valence-corrected chi connectivity index (χ2v) is 5.40. The van der Waals surface area contributed by atoms with E-state index in [0.29, 0.717) is 6.79 Å². The Hall–Kier alpha value is -2.34. The summed E-state index contributed by atoms with van der Waals surface area (Å²) in [6.07, 6.45) is 3.52. The van der Waals surface area contributed by atoms with Gasteiger partial charge in [0, 0.05) is 39.1 Å². The number of fused-ring (bicyclic) bond motifs is 1. The molecule has 1 aliphatic heterocycles. The van der Waals surface area contributed by atoms with Crippen LogP contribution in [0.3, 0.4) is 0 Å². The average molecular weight is 300 g/mol. The molecule has 0 bridgehead atoms. The van der Waals surface area contributed by atoms with E-state index in [-0.39, 0.29) is 0 Å². The first-order valence-corrected chi connectivity index (χ1v) is 7.27. The maximum absolute atomic E-state index is 5.41. The Bertz CT molecular complexity index is 621. The first kappa shape index (κ1) is 14.6. The zero-order chi connectivity index (χ0) is 15.4. The topological polar surface area (TPSA) is 50.7 Å². The smallest absolute Gasteiger partial charge is 0.231 e. The van der Waals surface area contributed by atoms with Crippen molar-refractivity contribution in [2.75, 3.05) is 38.9 Å². The summed E-state index contributed by atoms with van der Waals surface area (Å²) in [5.41, 5.74) is 1.21. The summed E-state index contributed by atoms with van der Waals surface area (Å²) < 4.78 is 10.7. The van der Waals surface area contributed by atoms with E-state index >= 15 is 0 Å². The number of aromatic nitrogens is 2. The van der Waals surface area contributed by atoms with Gasteiger partial charge < -0.3 is 19.3 Å². The molecule has 116 valence electrons. The maximum Gasteiger partial charge on any atom is 0.231 e. The lowest BCUT2D eigenvalue weighted by Gasteiger charge is -2.22. The minimum absolute atomic E-state index is 0.316. The van der Waals surface area contributed by atoms with E-state index < -0.39 is 0 Å². The highest BCUT2D eigenvalue weighted by Crippen LogP contribution is 2.32. The summed E-state index contributed by atoms with van der Waals surface area (Å²) in [5.74, 6) is 2.41. The Morgan fingerprint density at radius 1 is 1.05 bits per heavy atom. The zero-order valence-corrected chi connectivity index (χ0v) is 12.9. The lowest BCUT2D eigenvalue weighted by atomic mass is 10.2. The Morgan fingerprint density at radius 3 is 2.64 bits per heavy atom. The van der Waals surface area contributed by atoms with E-state index in [1.165, 1.54) is 5.56 Å². The SMILES string of the molecule is CN(CCN(C)c1ncccn1)Cc1ccc2c(c1)OCO2. The predicted octanol–water partition coefficient (Wildman–Crippen LogP) is 1.77. The van der Waals surface area contributed by atoms with E-state index in [2.05, 4.69) is 32.9 Å². The molecule has 0 radical (unpaired) electrons. The Morgan fingerprint density at radius 2 is 1.82 bits per heavy atom. The molecule has 0 saturated heterocycles. The van der Waals surface area contributed by atoms with E-state index in [1.54, 1.807) is 12.4 Å². The molecule has 1 aromatic carbocycles. The van der Waals surface area contributed by atoms with Crippen LogP contribution in [-0.4, -0.2) is 48.8 Å². The molecular weight excluding hydrogens is 280 g/mol. The van der Waals surface area contributed by atoms with Gasteiger partial charge in [-0.05, 0) is 30.8 Å². The van der Waals surface area contributed by atoms with E-state index in [0.717, 1.165) is 37.1 Å². The fraction of sp³-hybridized carbons (Fsp3) is 0.375. The molecule has 0 saturated carbocycles. The van der Waals surface area contributed by atoms with Crippen LogP contribution in [0.5, 0.6) is 11.5 Å². The Balaban J connectivity index is 1.51. The number of hydrogen-bond donors (Lipinski definition) is 0. The fourth-order valence-electron chi connectivity index (χ4n) is 2.34. The minimum atomic E-state index is 0.316. The molecule has 1 aromatic heterocycles. The first-order valence-electron chi connectivity index (χ1n) is 7.27. The van der Waals surface area contributed by atoms with Gasteiger partial charge in [0.1, 0.15) is 0 Å². The maximum atomic E-state index is 5.41. The number of likely N-dealkylation sites (N-methyl/N-ethyl adjacent to an activating group) is 2. The van der Waals surface area contributed by atoms with Crippen molar-refractivity contribution in [2.45, 2.75) is 6.54 Å². The van der Waals surface area contributed by atoms with Crippen molar-refractivity contribution in [3.8, 4) is 11.5 Å². The van der Waals surface area contributed by atoms with Crippen LogP contribution in [-0.2, 0) is 6.54 Å². The Labute approximate surface area is 130 Å². The van der Waals surface area contributed by atoms with Crippen molar-refractivity contribution < 1.29 is 9.47 Å². The molecule has 2 heterocycles. The van der Waals surface area contributed by atoms with Gasteiger partial charge in [-0.3, -0.25) is 0 Å². The van der Waals surface area contributed by atoms with Crippen LogP contribution < -0.4 is 14.4 Å². The molecular formula is C16H20N4O2. The highest BCUT2D eigenvalue weighted by atomic mass is 16.7. The minimum Gasteiger partial charge on any atom is -0.454 e. The Kier molecular flexibility index (Phi) is 4.39. The van der Waals surface area contributed by atoms with Gasteiger partial charge in [-0.25, -0.2) is 9.97 Å².